The minimum Gasteiger partial charge on any atom is -0.401 e. The molecule has 2 aromatic heterocycles. The lowest BCUT2D eigenvalue weighted by atomic mass is 10.2. The van der Waals surface area contributed by atoms with Gasteiger partial charge >= 0.3 is 5.88 Å². The second-order valence-corrected chi connectivity index (χ2v) is 6.54. The number of fused-ring (bicyclic) bond motifs is 1. The zero-order chi connectivity index (χ0) is 17.4. The summed E-state index contributed by atoms with van der Waals surface area (Å²) < 4.78 is 6.82. The first-order valence-corrected chi connectivity index (χ1v) is 8.60. The molecule has 0 aliphatic heterocycles. The van der Waals surface area contributed by atoms with Crippen LogP contribution in [0.3, 0.4) is 0 Å². The monoisotopic (exact) mass is 355 g/mol. The number of nitro groups is 1. The van der Waals surface area contributed by atoms with Gasteiger partial charge in [-0.15, -0.1) is 0 Å². The largest absolute Gasteiger partial charge is 0.433 e. The zero-order valence-electron chi connectivity index (χ0n) is 13.0. The van der Waals surface area contributed by atoms with E-state index in [-0.39, 0.29) is 17.5 Å². The minimum atomic E-state index is -0.583. The van der Waals surface area contributed by atoms with Gasteiger partial charge in [0.2, 0.25) is 0 Å². The van der Waals surface area contributed by atoms with Crippen LogP contribution in [0.25, 0.3) is 17.0 Å². The molecule has 0 bridgehead atoms. The summed E-state index contributed by atoms with van der Waals surface area (Å²) in [6, 6.07) is 10.3. The highest BCUT2D eigenvalue weighted by molar-refractivity contribution is 8.02. The van der Waals surface area contributed by atoms with Crippen molar-refractivity contribution in [2.45, 2.75) is 24.0 Å². The average molecular weight is 355 g/mol. The third kappa shape index (κ3) is 3.08. The van der Waals surface area contributed by atoms with Gasteiger partial charge in [-0.05, 0) is 42.5 Å². The summed E-state index contributed by atoms with van der Waals surface area (Å²) in [5.41, 5.74) is 0.631. The Hall–Kier alpha value is -2.87. The smallest absolute Gasteiger partial charge is 0.401 e. The molecule has 0 saturated heterocycles. The van der Waals surface area contributed by atoms with Crippen LogP contribution in [0.4, 0.5) is 5.88 Å². The van der Waals surface area contributed by atoms with E-state index in [2.05, 4.69) is 4.98 Å². The quantitative estimate of drug-likeness (QED) is 0.297. The zero-order valence-corrected chi connectivity index (χ0v) is 13.8. The van der Waals surface area contributed by atoms with Crippen LogP contribution in [-0.2, 0) is 0 Å². The van der Waals surface area contributed by atoms with Crippen molar-refractivity contribution < 1.29 is 9.34 Å². The van der Waals surface area contributed by atoms with E-state index in [1.807, 2.05) is 18.2 Å². The maximum Gasteiger partial charge on any atom is 0.433 e. The summed E-state index contributed by atoms with van der Waals surface area (Å²) >= 11 is 1.30. The third-order valence-electron chi connectivity index (χ3n) is 3.89. The molecule has 1 fully saturated rings. The summed E-state index contributed by atoms with van der Waals surface area (Å²) in [5, 5.41) is 13.6. The molecule has 0 amide bonds. The van der Waals surface area contributed by atoms with Crippen LogP contribution in [0.5, 0.6) is 0 Å². The highest BCUT2D eigenvalue weighted by Crippen LogP contribution is 2.37. The van der Waals surface area contributed by atoms with E-state index in [0.717, 1.165) is 12.8 Å². The summed E-state index contributed by atoms with van der Waals surface area (Å²) in [4.78, 5) is 27.4. The van der Waals surface area contributed by atoms with E-state index in [0.29, 0.717) is 21.8 Å². The van der Waals surface area contributed by atoms with Crippen molar-refractivity contribution in [3.63, 3.8) is 0 Å². The normalized spacial score (nSPS) is 14.4. The molecule has 1 aliphatic carbocycles. The Kier molecular flexibility index (Phi) is 3.89. The molecule has 8 heteroatoms. The molecule has 1 aromatic carbocycles. The van der Waals surface area contributed by atoms with E-state index in [1.54, 1.807) is 22.1 Å². The van der Waals surface area contributed by atoms with Crippen LogP contribution in [0.15, 0.2) is 56.2 Å². The standard InChI is InChI=1S/C17H13N3O4S/c21-16-13-3-1-2-4-14(13)18-17(19(16)11-5-6-11)25-10-9-12-7-8-15(24-12)20(22)23/h1-4,7-11H,5-6H2. The van der Waals surface area contributed by atoms with E-state index in [9.17, 15) is 14.9 Å². The Morgan fingerprint density at radius 3 is 2.80 bits per heavy atom. The van der Waals surface area contributed by atoms with Crippen LogP contribution in [0.2, 0.25) is 0 Å². The number of nitrogens with zero attached hydrogens (tertiary/aromatic N) is 3. The molecule has 1 aliphatic rings. The lowest BCUT2D eigenvalue weighted by Crippen LogP contribution is -2.22. The number of furan rings is 1. The molecular formula is C17H13N3O4S. The number of benzene rings is 1. The van der Waals surface area contributed by atoms with Crippen LogP contribution in [0, 0.1) is 10.1 Å². The van der Waals surface area contributed by atoms with Gasteiger partial charge in [-0.3, -0.25) is 19.5 Å². The summed E-state index contributed by atoms with van der Waals surface area (Å²) in [7, 11) is 0. The van der Waals surface area contributed by atoms with Crippen molar-refractivity contribution in [1.82, 2.24) is 9.55 Å². The first-order chi connectivity index (χ1) is 12.1. The Labute approximate surface area is 146 Å². The number of thioether (sulfide) groups is 1. The van der Waals surface area contributed by atoms with E-state index < -0.39 is 4.92 Å². The predicted molar refractivity (Wildman–Crippen MR) is 94.5 cm³/mol. The fourth-order valence-corrected chi connectivity index (χ4v) is 3.38. The predicted octanol–water partition coefficient (Wildman–Crippen LogP) is 4.00. The fourth-order valence-electron chi connectivity index (χ4n) is 2.56. The molecule has 0 radical (unpaired) electrons. The molecule has 25 heavy (non-hydrogen) atoms. The lowest BCUT2D eigenvalue weighted by Gasteiger charge is -2.10. The van der Waals surface area contributed by atoms with Crippen LogP contribution >= 0.6 is 11.8 Å². The number of aromatic nitrogens is 2. The summed E-state index contributed by atoms with van der Waals surface area (Å²) in [6.45, 7) is 0. The van der Waals surface area contributed by atoms with E-state index in [1.165, 1.54) is 23.9 Å². The van der Waals surface area contributed by atoms with Gasteiger partial charge in [0.15, 0.2) is 5.16 Å². The van der Waals surface area contributed by atoms with Gasteiger partial charge < -0.3 is 4.42 Å². The van der Waals surface area contributed by atoms with Crippen LogP contribution < -0.4 is 5.56 Å². The van der Waals surface area contributed by atoms with Gasteiger partial charge in [0.25, 0.3) is 5.56 Å². The number of para-hydroxylation sites is 1. The molecule has 0 unspecified atom stereocenters. The van der Waals surface area contributed by atoms with Gasteiger partial charge in [0.05, 0.1) is 17.0 Å². The highest BCUT2D eigenvalue weighted by Gasteiger charge is 2.28. The Morgan fingerprint density at radius 2 is 2.08 bits per heavy atom. The number of rotatable bonds is 5. The van der Waals surface area contributed by atoms with Gasteiger partial charge in [0.1, 0.15) is 10.7 Å². The van der Waals surface area contributed by atoms with Crippen molar-refractivity contribution in [3.05, 3.63) is 68.0 Å². The van der Waals surface area contributed by atoms with Crippen LogP contribution in [0.1, 0.15) is 24.6 Å². The van der Waals surface area contributed by atoms with Crippen molar-refractivity contribution >= 4 is 34.6 Å². The van der Waals surface area contributed by atoms with Crippen molar-refractivity contribution in [1.29, 1.82) is 0 Å². The van der Waals surface area contributed by atoms with Crippen LogP contribution in [-0.4, -0.2) is 14.5 Å². The Morgan fingerprint density at radius 1 is 1.28 bits per heavy atom. The van der Waals surface area contributed by atoms with Crippen molar-refractivity contribution in [2.75, 3.05) is 0 Å². The molecule has 7 nitrogen and oxygen atoms in total. The second-order valence-electron chi connectivity index (χ2n) is 5.67. The Balaban J connectivity index is 1.66. The van der Waals surface area contributed by atoms with E-state index in [4.69, 9.17) is 4.42 Å². The molecule has 2 heterocycles. The molecule has 1 saturated carbocycles. The van der Waals surface area contributed by atoms with Gasteiger partial charge in [-0.1, -0.05) is 23.9 Å². The molecule has 126 valence electrons. The van der Waals surface area contributed by atoms with E-state index >= 15 is 0 Å². The minimum absolute atomic E-state index is 0.0300. The first kappa shape index (κ1) is 15.6. The fraction of sp³-hybridized carbons (Fsp3) is 0.176. The molecule has 0 N–H and O–H groups in total. The van der Waals surface area contributed by atoms with Crippen molar-refractivity contribution in [2.24, 2.45) is 0 Å². The Bertz CT molecular complexity index is 1050. The lowest BCUT2D eigenvalue weighted by molar-refractivity contribution is -0.402. The topological polar surface area (TPSA) is 91.2 Å². The molecule has 4 rings (SSSR count). The summed E-state index contributed by atoms with van der Waals surface area (Å²) in [5.74, 6) is 0.0728. The second kappa shape index (κ2) is 6.21. The third-order valence-corrected chi connectivity index (χ3v) is 4.66. The average Bonchev–Trinajstić information content (AvgIpc) is 3.31. The maximum atomic E-state index is 12.7. The van der Waals surface area contributed by atoms with Gasteiger partial charge in [0, 0.05) is 6.04 Å². The maximum absolute atomic E-state index is 12.7. The SMILES string of the molecule is O=c1c2ccccc2nc(SC=Cc2ccc([N+](=O)[O-])o2)n1C1CC1. The summed E-state index contributed by atoms with van der Waals surface area (Å²) in [6.07, 6.45) is 3.57. The van der Waals surface area contributed by atoms with Crippen molar-refractivity contribution in [3.8, 4) is 0 Å². The molecular weight excluding hydrogens is 342 g/mol. The van der Waals surface area contributed by atoms with Gasteiger partial charge in [-0.25, -0.2) is 4.98 Å². The number of hydrogen-bond donors (Lipinski definition) is 0. The van der Waals surface area contributed by atoms with Gasteiger partial charge in [-0.2, -0.15) is 0 Å². The molecule has 0 atom stereocenters. The number of hydrogen-bond acceptors (Lipinski definition) is 6. The first-order valence-electron chi connectivity index (χ1n) is 7.72. The molecule has 0 spiro atoms. The molecule has 3 aromatic rings. The highest BCUT2D eigenvalue weighted by atomic mass is 32.2.